The maximum absolute atomic E-state index is 12.5. The fourth-order valence-electron chi connectivity index (χ4n) is 3.23. The van der Waals surface area contributed by atoms with Crippen LogP contribution >= 0.6 is 0 Å². The van der Waals surface area contributed by atoms with Gasteiger partial charge < -0.3 is 4.90 Å². The van der Waals surface area contributed by atoms with Crippen LogP contribution in [-0.2, 0) is 0 Å². The number of pyridine rings is 1. The second kappa shape index (κ2) is 6.07. The number of hydrogen-bond acceptors (Lipinski definition) is 6. The molecule has 1 atom stereocenters. The van der Waals surface area contributed by atoms with Gasteiger partial charge in [-0.3, -0.25) is 15.1 Å². The molecule has 7 nitrogen and oxygen atoms in total. The summed E-state index contributed by atoms with van der Waals surface area (Å²) in [6, 6.07) is 7.19. The number of nitrogens with one attached hydrogen (secondary N) is 1. The van der Waals surface area contributed by atoms with Crippen molar-refractivity contribution in [3.8, 4) is 0 Å². The molecule has 0 bridgehead atoms. The van der Waals surface area contributed by atoms with E-state index < -0.39 is 6.17 Å². The Morgan fingerprint density at radius 1 is 1.21 bits per heavy atom. The molecule has 124 valence electrons. The van der Waals surface area contributed by atoms with E-state index >= 15 is 0 Å². The highest BCUT2D eigenvalue weighted by Gasteiger charge is 2.28. The summed E-state index contributed by atoms with van der Waals surface area (Å²) in [5.41, 5.74) is 1.31. The summed E-state index contributed by atoms with van der Waals surface area (Å²) in [6.45, 7) is 3.76. The highest BCUT2D eigenvalue weighted by atomic mass is 16.1. The Labute approximate surface area is 140 Å². The molecule has 2 aromatic rings. The molecule has 1 saturated heterocycles. The van der Waals surface area contributed by atoms with Crippen molar-refractivity contribution >= 4 is 11.9 Å². The van der Waals surface area contributed by atoms with Crippen molar-refractivity contribution in [1.29, 1.82) is 0 Å². The average molecular weight is 324 g/mol. The van der Waals surface area contributed by atoms with E-state index in [2.05, 4.69) is 20.2 Å². The smallest absolute Gasteiger partial charge is 0.257 e. The van der Waals surface area contributed by atoms with Crippen molar-refractivity contribution in [3.05, 3.63) is 52.2 Å². The number of hydrogen-bond donors (Lipinski definition) is 1. The van der Waals surface area contributed by atoms with Gasteiger partial charge >= 0.3 is 0 Å². The molecule has 2 aliphatic rings. The Morgan fingerprint density at radius 3 is 2.79 bits per heavy atom. The minimum Gasteiger partial charge on any atom is -0.343 e. The Balaban J connectivity index is 1.82. The number of likely N-dealkylation sites (tertiary alicyclic amines) is 1. The lowest BCUT2D eigenvalue weighted by molar-refractivity contribution is 0.335. The minimum absolute atomic E-state index is 0.123. The van der Waals surface area contributed by atoms with Crippen LogP contribution in [0, 0.1) is 6.92 Å². The summed E-state index contributed by atoms with van der Waals surface area (Å²) >= 11 is 0. The fraction of sp³-hybridized carbons (Fsp3) is 0.412. The van der Waals surface area contributed by atoms with Gasteiger partial charge in [0.1, 0.15) is 0 Å². The van der Waals surface area contributed by atoms with Gasteiger partial charge in [-0.25, -0.2) is 14.5 Å². The normalized spacial score (nSPS) is 20.1. The van der Waals surface area contributed by atoms with Gasteiger partial charge in [0.25, 0.3) is 5.56 Å². The lowest BCUT2D eigenvalue weighted by atomic mass is 10.1. The summed E-state index contributed by atoms with van der Waals surface area (Å²) in [4.78, 5) is 28.5. The second-order valence-corrected chi connectivity index (χ2v) is 6.18. The topological polar surface area (TPSA) is 75.4 Å². The number of guanidine groups is 1. The van der Waals surface area contributed by atoms with Crippen LogP contribution in [-0.4, -0.2) is 38.5 Å². The van der Waals surface area contributed by atoms with Crippen LogP contribution in [0.3, 0.4) is 0 Å². The molecule has 0 aromatic carbocycles. The van der Waals surface area contributed by atoms with E-state index in [-0.39, 0.29) is 5.56 Å². The first-order chi connectivity index (χ1) is 11.7. The zero-order valence-electron chi connectivity index (χ0n) is 13.6. The van der Waals surface area contributed by atoms with Crippen LogP contribution in [0.1, 0.15) is 36.8 Å². The molecule has 2 aliphatic heterocycles. The van der Waals surface area contributed by atoms with Crippen molar-refractivity contribution in [2.45, 2.75) is 32.4 Å². The predicted octanol–water partition coefficient (Wildman–Crippen LogP) is 1.76. The van der Waals surface area contributed by atoms with E-state index in [1.807, 2.05) is 25.1 Å². The van der Waals surface area contributed by atoms with E-state index in [0.29, 0.717) is 11.6 Å². The summed E-state index contributed by atoms with van der Waals surface area (Å²) < 4.78 is 1.57. The molecule has 1 fully saturated rings. The maximum Gasteiger partial charge on any atom is 0.257 e. The summed E-state index contributed by atoms with van der Waals surface area (Å²) in [6.07, 6.45) is 4.80. The molecule has 2 aromatic heterocycles. The Bertz CT molecular complexity index is 823. The summed E-state index contributed by atoms with van der Waals surface area (Å²) in [5, 5.41) is 3.25. The molecule has 0 spiro atoms. The van der Waals surface area contributed by atoms with Crippen molar-refractivity contribution in [2.24, 2.45) is 4.99 Å². The van der Waals surface area contributed by atoms with E-state index in [1.54, 1.807) is 10.8 Å². The van der Waals surface area contributed by atoms with Gasteiger partial charge in [-0.05, 0) is 38.3 Å². The van der Waals surface area contributed by atoms with Gasteiger partial charge in [-0.1, -0.05) is 6.07 Å². The number of aliphatic imine (C=N–C) groups is 1. The van der Waals surface area contributed by atoms with Gasteiger partial charge in [0, 0.05) is 31.0 Å². The lowest BCUT2D eigenvalue weighted by Gasteiger charge is -2.34. The Morgan fingerprint density at radius 2 is 2.04 bits per heavy atom. The monoisotopic (exact) mass is 324 g/mol. The van der Waals surface area contributed by atoms with Crippen molar-refractivity contribution in [2.75, 3.05) is 18.4 Å². The molecule has 4 heterocycles. The molecule has 0 amide bonds. The molecule has 7 heteroatoms. The number of piperidine rings is 1. The second-order valence-electron chi connectivity index (χ2n) is 6.18. The standard InChI is InChI=1S/C17H20N6O/c1-12-11-14(24)23-15(13-7-3-4-8-18-13)20-16(21-17(23)19-12)22-9-5-2-6-10-22/h3-4,7-8,11,15H,2,5-6,9-10H2,1H3,(H,19,20,21)/t15-/m0/s1. The van der Waals surface area contributed by atoms with Crippen LogP contribution < -0.4 is 10.9 Å². The highest BCUT2D eigenvalue weighted by Crippen LogP contribution is 2.25. The number of rotatable bonds is 1. The van der Waals surface area contributed by atoms with Crippen LogP contribution in [0.15, 0.2) is 40.2 Å². The van der Waals surface area contributed by atoms with E-state index in [1.165, 1.54) is 12.5 Å². The summed E-state index contributed by atoms with van der Waals surface area (Å²) in [7, 11) is 0. The minimum atomic E-state index is -0.486. The maximum atomic E-state index is 12.5. The number of aryl methyl sites for hydroxylation is 1. The molecule has 0 unspecified atom stereocenters. The van der Waals surface area contributed by atoms with Gasteiger partial charge in [0.2, 0.25) is 11.9 Å². The zero-order valence-corrected chi connectivity index (χ0v) is 13.6. The average Bonchev–Trinajstić information content (AvgIpc) is 2.62. The number of aromatic nitrogens is 3. The first-order valence-corrected chi connectivity index (χ1v) is 8.33. The third-order valence-electron chi connectivity index (χ3n) is 4.40. The molecule has 4 rings (SSSR count). The number of anilines is 1. The molecule has 0 aliphatic carbocycles. The first-order valence-electron chi connectivity index (χ1n) is 8.33. The predicted molar refractivity (Wildman–Crippen MR) is 92.1 cm³/mol. The third-order valence-corrected chi connectivity index (χ3v) is 4.40. The number of fused-ring (bicyclic) bond motifs is 1. The quantitative estimate of drug-likeness (QED) is 0.865. The molecule has 24 heavy (non-hydrogen) atoms. The first kappa shape index (κ1) is 14.9. The van der Waals surface area contributed by atoms with Crippen molar-refractivity contribution in [1.82, 2.24) is 19.4 Å². The molecule has 0 radical (unpaired) electrons. The Kier molecular flexibility index (Phi) is 3.76. The van der Waals surface area contributed by atoms with Crippen LogP contribution in [0.25, 0.3) is 0 Å². The molecule has 1 N–H and O–H groups in total. The van der Waals surface area contributed by atoms with E-state index in [0.717, 1.165) is 37.6 Å². The Hall–Kier alpha value is -2.70. The van der Waals surface area contributed by atoms with Crippen molar-refractivity contribution < 1.29 is 0 Å². The van der Waals surface area contributed by atoms with Crippen LogP contribution in [0.5, 0.6) is 0 Å². The van der Waals surface area contributed by atoms with Crippen LogP contribution in [0.4, 0.5) is 5.95 Å². The lowest BCUT2D eigenvalue weighted by Crippen LogP contribution is -2.45. The highest BCUT2D eigenvalue weighted by molar-refractivity contribution is 5.93. The fourth-order valence-corrected chi connectivity index (χ4v) is 3.23. The molecular weight excluding hydrogens is 304 g/mol. The van der Waals surface area contributed by atoms with Gasteiger partial charge in [-0.2, -0.15) is 0 Å². The molecule has 0 saturated carbocycles. The van der Waals surface area contributed by atoms with Gasteiger partial charge in [-0.15, -0.1) is 0 Å². The van der Waals surface area contributed by atoms with Crippen LogP contribution in [0.2, 0.25) is 0 Å². The van der Waals surface area contributed by atoms with Gasteiger partial charge in [0.15, 0.2) is 6.17 Å². The number of nitrogens with zero attached hydrogens (tertiary/aromatic N) is 5. The van der Waals surface area contributed by atoms with Crippen molar-refractivity contribution in [3.63, 3.8) is 0 Å². The largest absolute Gasteiger partial charge is 0.343 e. The molecular formula is C17H20N6O. The third kappa shape index (κ3) is 2.66. The van der Waals surface area contributed by atoms with E-state index in [9.17, 15) is 4.79 Å². The zero-order chi connectivity index (χ0) is 16.5. The summed E-state index contributed by atoms with van der Waals surface area (Å²) in [5.74, 6) is 1.31. The SMILES string of the molecule is Cc1cc(=O)n2c(n1)NC(N1CCCCC1)=N[C@@H]2c1ccccn1. The van der Waals surface area contributed by atoms with E-state index in [4.69, 9.17) is 4.99 Å². The van der Waals surface area contributed by atoms with Gasteiger partial charge in [0.05, 0.1) is 5.69 Å².